The van der Waals surface area contributed by atoms with Crippen LogP contribution in [0.1, 0.15) is 0 Å². The highest BCUT2D eigenvalue weighted by Gasteiger charge is 2.17. The van der Waals surface area contributed by atoms with E-state index in [1.54, 1.807) is 18.5 Å². The molecule has 6 rings (SSSR count). The smallest absolute Gasteiger partial charge is 0.177 e. The molecule has 0 atom stereocenters. The summed E-state index contributed by atoms with van der Waals surface area (Å²) in [6.07, 6.45) is 5.23. The van der Waals surface area contributed by atoms with Crippen molar-refractivity contribution in [3.63, 3.8) is 0 Å². The fourth-order valence-corrected chi connectivity index (χ4v) is 4.77. The van der Waals surface area contributed by atoms with Crippen molar-refractivity contribution in [3.8, 4) is 39.0 Å². The Labute approximate surface area is 209 Å². The predicted molar refractivity (Wildman–Crippen MR) is 140 cm³/mol. The van der Waals surface area contributed by atoms with Crippen LogP contribution in [0.15, 0.2) is 61.1 Å². The highest BCUT2D eigenvalue weighted by atomic mass is 32.1. The van der Waals surface area contributed by atoms with Gasteiger partial charge in [-0.05, 0) is 56.1 Å². The maximum Gasteiger partial charge on any atom is 0.177 e. The van der Waals surface area contributed by atoms with E-state index in [0.717, 1.165) is 56.1 Å². The van der Waals surface area contributed by atoms with E-state index in [2.05, 4.69) is 36.1 Å². The van der Waals surface area contributed by atoms with Crippen molar-refractivity contribution in [1.82, 2.24) is 35.0 Å². The number of nitrogens with one attached hydrogen (secondary N) is 2. The standard InChI is InChI=1S/C26H22FN7OS/c1-34(2)9-10-35-17-11-16(13-28-14-17)15-3-4-19-18(12-15)23(33-32-19)26-30-20-7-8-29-25(24(20)31-26)21-5-6-22(27)36-21/h3-8,11-14H,9-10H2,1-2H3,(H,30,31)(H,32,33). The van der Waals surface area contributed by atoms with Crippen molar-refractivity contribution < 1.29 is 9.13 Å². The molecule has 0 fully saturated rings. The van der Waals surface area contributed by atoms with Gasteiger partial charge in [-0.25, -0.2) is 4.98 Å². The average molecular weight is 500 g/mol. The van der Waals surface area contributed by atoms with Gasteiger partial charge in [0.05, 0.1) is 22.1 Å². The number of benzene rings is 1. The zero-order chi connectivity index (χ0) is 24.6. The first-order valence-electron chi connectivity index (χ1n) is 11.4. The fourth-order valence-electron chi connectivity index (χ4n) is 4.05. The molecule has 0 amide bonds. The number of fused-ring (bicyclic) bond motifs is 2. The summed E-state index contributed by atoms with van der Waals surface area (Å²) in [5.41, 5.74) is 5.64. The molecule has 0 saturated heterocycles. The second-order valence-corrected chi connectivity index (χ2v) is 9.67. The zero-order valence-corrected chi connectivity index (χ0v) is 20.4. The number of imidazole rings is 1. The topological polar surface area (TPSA) is 95.6 Å². The van der Waals surface area contributed by atoms with Gasteiger partial charge < -0.3 is 14.6 Å². The maximum atomic E-state index is 13.6. The predicted octanol–water partition coefficient (Wildman–Crippen LogP) is 5.37. The SMILES string of the molecule is CN(C)CCOc1cncc(-c2ccc3[nH]nc(-c4nc5c(-c6ccc(F)s6)nccc5[nH]4)c3c2)c1. The van der Waals surface area contributed by atoms with E-state index in [-0.39, 0.29) is 5.13 Å². The van der Waals surface area contributed by atoms with Gasteiger partial charge in [-0.2, -0.15) is 9.49 Å². The van der Waals surface area contributed by atoms with Crippen molar-refractivity contribution in [2.24, 2.45) is 0 Å². The van der Waals surface area contributed by atoms with Crippen molar-refractivity contribution in [2.45, 2.75) is 0 Å². The molecule has 0 aliphatic rings. The Kier molecular flexibility index (Phi) is 5.67. The van der Waals surface area contributed by atoms with E-state index in [9.17, 15) is 4.39 Å². The van der Waals surface area contributed by atoms with Gasteiger partial charge in [0.25, 0.3) is 0 Å². The lowest BCUT2D eigenvalue weighted by molar-refractivity contribution is 0.261. The highest BCUT2D eigenvalue weighted by Crippen LogP contribution is 2.34. The van der Waals surface area contributed by atoms with Crippen molar-refractivity contribution >= 4 is 33.3 Å². The molecular formula is C26H22FN7OS. The van der Waals surface area contributed by atoms with Crippen LogP contribution in [-0.2, 0) is 0 Å². The van der Waals surface area contributed by atoms with E-state index in [0.29, 0.717) is 29.3 Å². The number of hydrogen-bond acceptors (Lipinski definition) is 7. The first-order chi connectivity index (χ1) is 17.5. The number of halogens is 1. The van der Waals surface area contributed by atoms with E-state index in [1.165, 1.54) is 6.07 Å². The number of pyridine rings is 2. The average Bonchev–Trinajstić information content (AvgIpc) is 3.61. The van der Waals surface area contributed by atoms with Gasteiger partial charge in [0.1, 0.15) is 29.3 Å². The molecule has 5 aromatic heterocycles. The number of aromatic nitrogens is 6. The summed E-state index contributed by atoms with van der Waals surface area (Å²) in [7, 11) is 4.02. The number of H-pyrrole nitrogens is 2. The lowest BCUT2D eigenvalue weighted by Gasteiger charge is -2.11. The number of thiophene rings is 1. The van der Waals surface area contributed by atoms with Gasteiger partial charge in [-0.1, -0.05) is 6.07 Å². The summed E-state index contributed by atoms with van der Waals surface area (Å²) < 4.78 is 19.5. The molecule has 0 unspecified atom stereocenters. The normalized spacial score (nSPS) is 11.7. The second kappa shape index (κ2) is 9.14. The highest BCUT2D eigenvalue weighted by molar-refractivity contribution is 7.13. The largest absolute Gasteiger partial charge is 0.491 e. The lowest BCUT2D eigenvalue weighted by atomic mass is 10.0. The number of ether oxygens (including phenoxy) is 1. The van der Waals surface area contributed by atoms with Crippen LogP contribution in [0.2, 0.25) is 0 Å². The Morgan fingerprint density at radius 1 is 1.00 bits per heavy atom. The molecule has 0 aliphatic carbocycles. The van der Waals surface area contributed by atoms with Crippen LogP contribution < -0.4 is 4.74 Å². The number of likely N-dealkylation sites (N-methyl/N-ethyl adjacent to an activating group) is 1. The minimum Gasteiger partial charge on any atom is -0.491 e. The number of nitrogens with zero attached hydrogens (tertiary/aromatic N) is 5. The molecule has 0 spiro atoms. The first kappa shape index (κ1) is 22.3. The summed E-state index contributed by atoms with van der Waals surface area (Å²) in [4.78, 5) is 19.8. The third-order valence-corrected chi connectivity index (χ3v) is 6.73. The third kappa shape index (κ3) is 4.21. The first-order valence-corrected chi connectivity index (χ1v) is 12.2. The number of aromatic amines is 2. The molecule has 0 bridgehead atoms. The van der Waals surface area contributed by atoms with Crippen molar-refractivity contribution in [1.29, 1.82) is 0 Å². The summed E-state index contributed by atoms with van der Waals surface area (Å²) in [6, 6.07) is 13.1. The van der Waals surface area contributed by atoms with Gasteiger partial charge in [-0.3, -0.25) is 15.1 Å². The fraction of sp³-hybridized carbons (Fsp3) is 0.154. The molecule has 6 aromatic rings. The van der Waals surface area contributed by atoms with Crippen LogP contribution in [0, 0.1) is 5.13 Å². The molecule has 1 aromatic carbocycles. The van der Waals surface area contributed by atoms with E-state index >= 15 is 0 Å². The third-order valence-electron chi connectivity index (χ3n) is 5.85. The number of hydrogen-bond donors (Lipinski definition) is 2. The van der Waals surface area contributed by atoms with Crippen LogP contribution in [0.3, 0.4) is 0 Å². The molecule has 0 radical (unpaired) electrons. The molecule has 10 heteroatoms. The second-order valence-electron chi connectivity index (χ2n) is 8.64. The van der Waals surface area contributed by atoms with Crippen LogP contribution >= 0.6 is 11.3 Å². The van der Waals surface area contributed by atoms with E-state index < -0.39 is 0 Å². The minimum absolute atomic E-state index is 0.257. The van der Waals surface area contributed by atoms with Crippen LogP contribution in [0.5, 0.6) is 5.75 Å². The molecule has 8 nitrogen and oxygen atoms in total. The lowest BCUT2D eigenvalue weighted by Crippen LogP contribution is -2.19. The monoisotopic (exact) mass is 499 g/mol. The maximum absolute atomic E-state index is 13.6. The minimum atomic E-state index is -0.257. The Morgan fingerprint density at radius 3 is 2.75 bits per heavy atom. The van der Waals surface area contributed by atoms with Gasteiger partial charge in [-0.15, -0.1) is 11.3 Å². The summed E-state index contributed by atoms with van der Waals surface area (Å²) in [6.45, 7) is 1.41. The van der Waals surface area contributed by atoms with E-state index in [1.807, 2.05) is 44.6 Å². The Balaban J connectivity index is 1.37. The Morgan fingerprint density at radius 2 is 1.92 bits per heavy atom. The van der Waals surface area contributed by atoms with Gasteiger partial charge in [0.15, 0.2) is 11.0 Å². The molecule has 180 valence electrons. The van der Waals surface area contributed by atoms with Gasteiger partial charge in [0.2, 0.25) is 0 Å². The Bertz CT molecular complexity index is 1690. The quantitative estimate of drug-likeness (QED) is 0.307. The summed E-state index contributed by atoms with van der Waals surface area (Å²) in [5.74, 6) is 1.34. The summed E-state index contributed by atoms with van der Waals surface area (Å²) >= 11 is 1.05. The van der Waals surface area contributed by atoms with Gasteiger partial charge >= 0.3 is 0 Å². The van der Waals surface area contributed by atoms with Crippen LogP contribution in [-0.4, -0.2) is 62.3 Å². The Hall–Kier alpha value is -4.15. The van der Waals surface area contributed by atoms with Crippen molar-refractivity contribution in [3.05, 3.63) is 66.2 Å². The number of rotatable bonds is 7. The zero-order valence-electron chi connectivity index (χ0n) is 19.6. The van der Waals surface area contributed by atoms with Crippen LogP contribution in [0.4, 0.5) is 4.39 Å². The summed E-state index contributed by atoms with van der Waals surface area (Å²) in [5, 5.41) is 8.29. The van der Waals surface area contributed by atoms with E-state index in [4.69, 9.17) is 9.72 Å². The molecule has 36 heavy (non-hydrogen) atoms. The van der Waals surface area contributed by atoms with Gasteiger partial charge in [0, 0.05) is 29.9 Å². The molecule has 0 saturated carbocycles. The molecule has 0 aliphatic heterocycles. The van der Waals surface area contributed by atoms with Crippen LogP contribution in [0.25, 0.3) is 55.2 Å². The van der Waals surface area contributed by atoms with Crippen molar-refractivity contribution in [2.75, 3.05) is 27.2 Å². The molecule has 5 heterocycles. The molecule has 2 N–H and O–H groups in total. The molecular weight excluding hydrogens is 477 g/mol.